The Morgan fingerprint density at radius 2 is 1.74 bits per heavy atom. The lowest BCUT2D eigenvalue weighted by Gasteiger charge is -2.24. The summed E-state index contributed by atoms with van der Waals surface area (Å²) in [6, 6.07) is 6.54. The van der Waals surface area contributed by atoms with E-state index < -0.39 is 0 Å². The van der Waals surface area contributed by atoms with Gasteiger partial charge in [-0.1, -0.05) is 13.3 Å². The van der Waals surface area contributed by atoms with Crippen LogP contribution in [0.3, 0.4) is 0 Å². The molecule has 0 amide bonds. The van der Waals surface area contributed by atoms with Crippen LogP contribution in [0, 0.1) is 11.8 Å². The second kappa shape index (κ2) is 6.29. The van der Waals surface area contributed by atoms with Gasteiger partial charge in [0.05, 0.1) is 14.2 Å². The maximum absolute atomic E-state index is 5.37. The van der Waals surface area contributed by atoms with Crippen LogP contribution < -0.4 is 14.8 Å². The average molecular weight is 263 g/mol. The summed E-state index contributed by atoms with van der Waals surface area (Å²) in [5, 5.41) is 3.47. The van der Waals surface area contributed by atoms with Gasteiger partial charge in [-0.3, -0.25) is 0 Å². The van der Waals surface area contributed by atoms with Crippen LogP contribution >= 0.6 is 0 Å². The first kappa shape index (κ1) is 14.2. The standard InChI is InChI=1S/C16H25NO2/c1-11-5-6-12(7-11)16(17-2)13-8-14(18-3)10-15(9-13)19-4/h8-12,16-17H,5-7H2,1-4H3. The van der Waals surface area contributed by atoms with Crippen LogP contribution in [-0.2, 0) is 0 Å². The summed E-state index contributed by atoms with van der Waals surface area (Å²) in [6.07, 6.45) is 3.93. The number of hydrogen-bond acceptors (Lipinski definition) is 3. The second-order valence-electron chi connectivity index (χ2n) is 5.59. The number of nitrogens with one attached hydrogen (secondary N) is 1. The summed E-state index contributed by atoms with van der Waals surface area (Å²) in [6.45, 7) is 2.35. The number of methoxy groups -OCH3 is 2. The Morgan fingerprint density at radius 3 is 2.16 bits per heavy atom. The van der Waals surface area contributed by atoms with Gasteiger partial charge in [0.15, 0.2) is 0 Å². The highest BCUT2D eigenvalue weighted by atomic mass is 16.5. The molecule has 106 valence electrons. The average Bonchev–Trinajstić information content (AvgIpc) is 2.85. The van der Waals surface area contributed by atoms with E-state index in [4.69, 9.17) is 9.47 Å². The first-order chi connectivity index (χ1) is 9.17. The maximum Gasteiger partial charge on any atom is 0.122 e. The Morgan fingerprint density at radius 1 is 1.11 bits per heavy atom. The summed E-state index contributed by atoms with van der Waals surface area (Å²) in [7, 11) is 5.44. The fourth-order valence-electron chi connectivity index (χ4n) is 3.24. The first-order valence-corrected chi connectivity index (χ1v) is 7.08. The quantitative estimate of drug-likeness (QED) is 0.883. The Bertz CT molecular complexity index is 397. The van der Waals surface area contributed by atoms with Crippen molar-refractivity contribution < 1.29 is 9.47 Å². The van der Waals surface area contributed by atoms with Gasteiger partial charge in [0.1, 0.15) is 11.5 Å². The third-order valence-electron chi connectivity index (χ3n) is 4.25. The van der Waals surface area contributed by atoms with E-state index >= 15 is 0 Å². The molecular formula is C16H25NO2. The van der Waals surface area contributed by atoms with Crippen molar-refractivity contribution in [1.29, 1.82) is 0 Å². The molecule has 3 unspecified atom stereocenters. The second-order valence-corrected chi connectivity index (χ2v) is 5.59. The van der Waals surface area contributed by atoms with Crippen LogP contribution in [0.2, 0.25) is 0 Å². The van der Waals surface area contributed by atoms with Gasteiger partial charge in [-0.15, -0.1) is 0 Å². The van der Waals surface area contributed by atoms with E-state index in [2.05, 4.69) is 24.4 Å². The zero-order chi connectivity index (χ0) is 13.8. The lowest BCUT2D eigenvalue weighted by Crippen LogP contribution is -2.23. The summed E-state index contributed by atoms with van der Waals surface area (Å²) in [5.41, 5.74) is 1.26. The lowest BCUT2D eigenvalue weighted by molar-refractivity contribution is 0.367. The molecule has 1 aliphatic carbocycles. The lowest BCUT2D eigenvalue weighted by atomic mass is 9.91. The third-order valence-corrected chi connectivity index (χ3v) is 4.25. The van der Waals surface area contributed by atoms with Gasteiger partial charge < -0.3 is 14.8 Å². The minimum Gasteiger partial charge on any atom is -0.497 e. The predicted octanol–water partition coefficient (Wildman–Crippen LogP) is 3.40. The van der Waals surface area contributed by atoms with E-state index in [0.29, 0.717) is 12.0 Å². The summed E-state index contributed by atoms with van der Waals surface area (Å²) >= 11 is 0. The molecule has 0 aromatic heterocycles. The molecule has 1 saturated carbocycles. The molecule has 0 radical (unpaired) electrons. The molecular weight excluding hydrogens is 238 g/mol. The van der Waals surface area contributed by atoms with Gasteiger partial charge in [-0.05, 0) is 49.4 Å². The molecule has 0 aliphatic heterocycles. The van der Waals surface area contributed by atoms with Gasteiger partial charge >= 0.3 is 0 Å². The zero-order valence-corrected chi connectivity index (χ0v) is 12.4. The molecule has 1 aromatic rings. The molecule has 2 rings (SSSR count). The highest BCUT2D eigenvalue weighted by molar-refractivity contribution is 5.40. The molecule has 1 aromatic carbocycles. The fraction of sp³-hybridized carbons (Fsp3) is 0.625. The predicted molar refractivity (Wildman–Crippen MR) is 77.9 cm³/mol. The van der Waals surface area contributed by atoms with Crippen LogP contribution in [0.1, 0.15) is 37.8 Å². The van der Waals surface area contributed by atoms with Crippen molar-refractivity contribution in [1.82, 2.24) is 5.32 Å². The minimum atomic E-state index is 0.383. The first-order valence-electron chi connectivity index (χ1n) is 7.08. The van der Waals surface area contributed by atoms with Crippen molar-refractivity contribution >= 4 is 0 Å². The van der Waals surface area contributed by atoms with Crippen LogP contribution in [0.25, 0.3) is 0 Å². The molecule has 1 aliphatic rings. The molecule has 3 atom stereocenters. The fourth-order valence-corrected chi connectivity index (χ4v) is 3.24. The van der Waals surface area contributed by atoms with E-state index in [1.807, 2.05) is 13.1 Å². The molecule has 3 nitrogen and oxygen atoms in total. The molecule has 1 fully saturated rings. The Balaban J connectivity index is 2.26. The monoisotopic (exact) mass is 263 g/mol. The third kappa shape index (κ3) is 3.21. The van der Waals surface area contributed by atoms with Crippen molar-refractivity contribution in [2.75, 3.05) is 21.3 Å². The van der Waals surface area contributed by atoms with E-state index in [1.54, 1.807) is 14.2 Å². The normalized spacial score (nSPS) is 24.2. The molecule has 1 N–H and O–H groups in total. The minimum absolute atomic E-state index is 0.383. The number of ether oxygens (including phenoxy) is 2. The Hall–Kier alpha value is -1.22. The van der Waals surface area contributed by atoms with Crippen LogP contribution in [0.4, 0.5) is 0 Å². The molecule has 19 heavy (non-hydrogen) atoms. The number of hydrogen-bond donors (Lipinski definition) is 1. The Labute approximate surface area is 116 Å². The summed E-state index contributed by atoms with van der Waals surface area (Å²) in [5.74, 6) is 3.27. The van der Waals surface area contributed by atoms with E-state index in [-0.39, 0.29) is 0 Å². The van der Waals surface area contributed by atoms with Crippen LogP contribution in [0.15, 0.2) is 18.2 Å². The molecule has 3 heteroatoms. The largest absolute Gasteiger partial charge is 0.497 e. The van der Waals surface area contributed by atoms with E-state index in [0.717, 1.165) is 17.4 Å². The van der Waals surface area contributed by atoms with Crippen molar-refractivity contribution in [3.05, 3.63) is 23.8 Å². The van der Waals surface area contributed by atoms with Gasteiger partial charge in [0, 0.05) is 12.1 Å². The van der Waals surface area contributed by atoms with E-state index in [9.17, 15) is 0 Å². The van der Waals surface area contributed by atoms with Gasteiger partial charge in [-0.25, -0.2) is 0 Å². The van der Waals surface area contributed by atoms with Crippen molar-refractivity contribution in [3.63, 3.8) is 0 Å². The smallest absolute Gasteiger partial charge is 0.122 e. The highest BCUT2D eigenvalue weighted by Gasteiger charge is 2.29. The van der Waals surface area contributed by atoms with Crippen molar-refractivity contribution in [3.8, 4) is 11.5 Å². The van der Waals surface area contributed by atoms with Gasteiger partial charge in [0.2, 0.25) is 0 Å². The SMILES string of the molecule is CNC(c1cc(OC)cc(OC)c1)C1CCC(C)C1. The molecule has 0 spiro atoms. The van der Waals surface area contributed by atoms with E-state index in [1.165, 1.54) is 24.8 Å². The highest BCUT2D eigenvalue weighted by Crippen LogP contribution is 2.40. The van der Waals surface area contributed by atoms with Crippen molar-refractivity contribution in [2.24, 2.45) is 11.8 Å². The van der Waals surface area contributed by atoms with Gasteiger partial charge in [0.25, 0.3) is 0 Å². The number of rotatable bonds is 5. The summed E-state index contributed by atoms with van der Waals surface area (Å²) < 4.78 is 10.7. The molecule has 0 saturated heterocycles. The molecule has 0 heterocycles. The summed E-state index contributed by atoms with van der Waals surface area (Å²) in [4.78, 5) is 0. The Kier molecular flexibility index (Phi) is 4.70. The topological polar surface area (TPSA) is 30.5 Å². The van der Waals surface area contributed by atoms with Gasteiger partial charge in [-0.2, -0.15) is 0 Å². The van der Waals surface area contributed by atoms with Crippen molar-refractivity contribution in [2.45, 2.75) is 32.2 Å². The van der Waals surface area contributed by atoms with Crippen LogP contribution in [-0.4, -0.2) is 21.3 Å². The molecule has 0 bridgehead atoms. The maximum atomic E-state index is 5.37. The van der Waals surface area contributed by atoms with Crippen LogP contribution in [0.5, 0.6) is 11.5 Å². The number of benzene rings is 1. The zero-order valence-electron chi connectivity index (χ0n) is 12.4.